The molecule has 2 N–H and O–H groups in total. The third-order valence-corrected chi connectivity index (χ3v) is 2.54. The van der Waals surface area contributed by atoms with Crippen LogP contribution in [0.5, 0.6) is 0 Å². The van der Waals surface area contributed by atoms with E-state index in [0.717, 1.165) is 6.42 Å². The number of rotatable bonds is 4. The highest BCUT2D eigenvalue weighted by Gasteiger charge is 2.36. The van der Waals surface area contributed by atoms with Crippen LogP contribution < -0.4 is 5.73 Å². The van der Waals surface area contributed by atoms with Crippen molar-refractivity contribution in [3.63, 3.8) is 0 Å². The zero-order valence-electron chi connectivity index (χ0n) is 10.2. The molecule has 0 saturated carbocycles. The van der Waals surface area contributed by atoms with Gasteiger partial charge in [-0.1, -0.05) is 0 Å². The summed E-state index contributed by atoms with van der Waals surface area (Å²) < 4.78 is 16.0. The van der Waals surface area contributed by atoms with E-state index >= 15 is 0 Å². The van der Waals surface area contributed by atoms with Crippen LogP contribution in [0.15, 0.2) is 0 Å². The molecule has 0 amide bonds. The Bertz CT molecular complexity index is 242. The van der Waals surface area contributed by atoms with Crippen LogP contribution >= 0.6 is 0 Å². The Kier molecular flexibility index (Phi) is 4.70. The zero-order valence-corrected chi connectivity index (χ0v) is 10.2. The lowest BCUT2D eigenvalue weighted by molar-refractivity contribution is -0.300. The fourth-order valence-electron chi connectivity index (χ4n) is 1.98. The molecule has 1 saturated heterocycles. The summed E-state index contributed by atoms with van der Waals surface area (Å²) >= 11 is 0. The monoisotopic (exact) mass is 231 g/mol. The highest BCUT2D eigenvalue weighted by Crippen LogP contribution is 2.29. The van der Waals surface area contributed by atoms with Gasteiger partial charge in [0.1, 0.15) is 0 Å². The Hall–Kier alpha value is -0.650. The zero-order chi connectivity index (χ0) is 12.2. The molecule has 0 aromatic rings. The summed E-state index contributed by atoms with van der Waals surface area (Å²) in [6, 6.07) is 0. The van der Waals surface area contributed by atoms with Crippen molar-refractivity contribution >= 4 is 5.97 Å². The SMILES string of the molecule is COC(=O)C[C@@H]1C[C@H](CCN)OC(C)(C)O1. The van der Waals surface area contributed by atoms with E-state index in [-0.39, 0.29) is 24.6 Å². The van der Waals surface area contributed by atoms with Gasteiger partial charge in [0.2, 0.25) is 0 Å². The van der Waals surface area contributed by atoms with Gasteiger partial charge in [-0.3, -0.25) is 4.79 Å². The largest absolute Gasteiger partial charge is 0.469 e. The van der Waals surface area contributed by atoms with Gasteiger partial charge in [-0.2, -0.15) is 0 Å². The molecular formula is C11H21NO4. The molecule has 1 aliphatic heterocycles. The van der Waals surface area contributed by atoms with E-state index < -0.39 is 5.79 Å². The van der Waals surface area contributed by atoms with Crippen molar-refractivity contribution in [2.75, 3.05) is 13.7 Å². The number of methoxy groups -OCH3 is 1. The molecule has 5 heteroatoms. The quantitative estimate of drug-likeness (QED) is 0.725. The average molecular weight is 231 g/mol. The van der Waals surface area contributed by atoms with Crippen molar-refractivity contribution in [2.24, 2.45) is 5.73 Å². The van der Waals surface area contributed by atoms with Crippen LogP contribution in [-0.2, 0) is 19.0 Å². The number of carbonyl (C=O) groups is 1. The summed E-state index contributed by atoms with van der Waals surface area (Å²) in [6.45, 7) is 4.27. The van der Waals surface area contributed by atoms with E-state index in [1.54, 1.807) is 0 Å². The van der Waals surface area contributed by atoms with Gasteiger partial charge in [0.15, 0.2) is 5.79 Å². The number of esters is 1. The highest BCUT2D eigenvalue weighted by atomic mass is 16.7. The first-order valence-electron chi connectivity index (χ1n) is 5.59. The molecule has 1 heterocycles. The molecule has 1 rings (SSSR count). The summed E-state index contributed by atoms with van der Waals surface area (Å²) in [6.07, 6.45) is 1.65. The van der Waals surface area contributed by atoms with Crippen molar-refractivity contribution in [1.82, 2.24) is 0 Å². The first-order chi connectivity index (χ1) is 7.46. The summed E-state index contributed by atoms with van der Waals surface area (Å²) in [5.41, 5.74) is 5.51. The van der Waals surface area contributed by atoms with E-state index in [9.17, 15) is 4.79 Å². The van der Waals surface area contributed by atoms with E-state index in [4.69, 9.17) is 15.2 Å². The maximum Gasteiger partial charge on any atom is 0.308 e. The summed E-state index contributed by atoms with van der Waals surface area (Å²) in [5, 5.41) is 0. The normalized spacial score (nSPS) is 28.8. The van der Waals surface area contributed by atoms with Gasteiger partial charge in [-0.15, -0.1) is 0 Å². The average Bonchev–Trinajstić information content (AvgIpc) is 2.15. The molecule has 94 valence electrons. The van der Waals surface area contributed by atoms with Crippen molar-refractivity contribution < 1.29 is 19.0 Å². The predicted octanol–water partition coefficient (Wildman–Crippen LogP) is 0.808. The lowest BCUT2D eigenvalue weighted by Crippen LogP contribution is -2.45. The molecule has 16 heavy (non-hydrogen) atoms. The third-order valence-electron chi connectivity index (χ3n) is 2.54. The number of hydrogen-bond acceptors (Lipinski definition) is 5. The van der Waals surface area contributed by atoms with E-state index in [2.05, 4.69) is 4.74 Å². The van der Waals surface area contributed by atoms with Crippen molar-refractivity contribution in [3.8, 4) is 0 Å². The second-order valence-electron chi connectivity index (χ2n) is 4.47. The molecule has 1 aliphatic rings. The maximum atomic E-state index is 11.2. The maximum absolute atomic E-state index is 11.2. The minimum atomic E-state index is -0.656. The molecule has 2 atom stereocenters. The van der Waals surface area contributed by atoms with Gasteiger partial charge in [0.05, 0.1) is 25.7 Å². The Morgan fingerprint density at radius 2 is 2.06 bits per heavy atom. The van der Waals surface area contributed by atoms with Gasteiger partial charge in [-0.05, 0) is 26.8 Å². The van der Waals surface area contributed by atoms with Crippen molar-refractivity contribution in [3.05, 3.63) is 0 Å². The Morgan fingerprint density at radius 3 is 2.62 bits per heavy atom. The van der Waals surface area contributed by atoms with E-state index in [1.807, 2.05) is 13.8 Å². The second kappa shape index (κ2) is 5.61. The first kappa shape index (κ1) is 13.4. The Labute approximate surface area is 96.2 Å². The molecule has 0 aliphatic carbocycles. The molecule has 0 aromatic heterocycles. The van der Waals surface area contributed by atoms with Crippen LogP contribution in [0.2, 0.25) is 0 Å². The van der Waals surface area contributed by atoms with Crippen LogP contribution in [0, 0.1) is 0 Å². The summed E-state index contributed by atoms with van der Waals surface area (Å²) in [5.74, 6) is -0.911. The molecule has 5 nitrogen and oxygen atoms in total. The van der Waals surface area contributed by atoms with E-state index in [0.29, 0.717) is 13.0 Å². The minimum absolute atomic E-state index is 0.0587. The fourth-order valence-corrected chi connectivity index (χ4v) is 1.98. The van der Waals surface area contributed by atoms with Crippen LogP contribution in [-0.4, -0.2) is 37.6 Å². The Balaban J connectivity index is 2.54. The van der Waals surface area contributed by atoms with Crippen molar-refractivity contribution in [2.45, 2.75) is 51.1 Å². The fraction of sp³-hybridized carbons (Fsp3) is 0.909. The summed E-state index contributed by atoms with van der Waals surface area (Å²) in [7, 11) is 1.38. The van der Waals surface area contributed by atoms with Gasteiger partial charge >= 0.3 is 5.97 Å². The van der Waals surface area contributed by atoms with Crippen LogP contribution in [0.4, 0.5) is 0 Å². The highest BCUT2D eigenvalue weighted by molar-refractivity contribution is 5.69. The van der Waals surface area contributed by atoms with Crippen LogP contribution in [0.25, 0.3) is 0 Å². The number of carbonyl (C=O) groups excluding carboxylic acids is 1. The van der Waals surface area contributed by atoms with Crippen LogP contribution in [0.3, 0.4) is 0 Å². The lowest BCUT2D eigenvalue weighted by atomic mass is 10.0. The molecule has 0 aromatic carbocycles. The molecule has 1 fully saturated rings. The van der Waals surface area contributed by atoms with Gasteiger partial charge < -0.3 is 19.9 Å². The number of hydrogen-bond donors (Lipinski definition) is 1. The topological polar surface area (TPSA) is 70.8 Å². The molecule has 0 spiro atoms. The molecule has 0 radical (unpaired) electrons. The number of ether oxygens (including phenoxy) is 3. The minimum Gasteiger partial charge on any atom is -0.469 e. The van der Waals surface area contributed by atoms with Gasteiger partial charge in [0, 0.05) is 6.42 Å². The van der Waals surface area contributed by atoms with Crippen LogP contribution in [0.1, 0.15) is 33.1 Å². The molecular weight excluding hydrogens is 210 g/mol. The second-order valence-corrected chi connectivity index (χ2v) is 4.47. The predicted molar refractivity (Wildman–Crippen MR) is 58.7 cm³/mol. The van der Waals surface area contributed by atoms with E-state index in [1.165, 1.54) is 7.11 Å². The van der Waals surface area contributed by atoms with Gasteiger partial charge in [0.25, 0.3) is 0 Å². The third kappa shape index (κ3) is 4.08. The number of nitrogens with two attached hydrogens (primary N) is 1. The molecule has 0 unspecified atom stereocenters. The van der Waals surface area contributed by atoms with Gasteiger partial charge in [-0.25, -0.2) is 0 Å². The molecule has 0 bridgehead atoms. The Morgan fingerprint density at radius 1 is 1.44 bits per heavy atom. The standard InChI is InChI=1S/C11H21NO4/c1-11(2)15-8(4-5-12)6-9(16-11)7-10(13)14-3/h8-9H,4-7,12H2,1-3H3/t8-,9-/m0/s1. The lowest BCUT2D eigenvalue weighted by Gasteiger charge is -2.40. The smallest absolute Gasteiger partial charge is 0.308 e. The summed E-state index contributed by atoms with van der Waals surface area (Å²) in [4.78, 5) is 11.2. The first-order valence-corrected chi connectivity index (χ1v) is 5.59. The van der Waals surface area contributed by atoms with Crippen molar-refractivity contribution in [1.29, 1.82) is 0 Å².